The molecule has 0 aliphatic carbocycles. The minimum atomic E-state index is -0.472. The fourth-order valence-electron chi connectivity index (χ4n) is 1.70. The molecule has 2 amide bonds. The number of hydrogen-bond acceptors (Lipinski definition) is 4. The van der Waals surface area contributed by atoms with Crippen LogP contribution in [0.1, 0.15) is 15.9 Å². The molecule has 0 fully saturated rings. The number of nitrogens with zero attached hydrogens (tertiary/aromatic N) is 1. The average Bonchev–Trinajstić information content (AvgIpc) is 2.54. The molecule has 0 aliphatic rings. The van der Waals surface area contributed by atoms with Gasteiger partial charge in [-0.2, -0.15) is 5.10 Å². The van der Waals surface area contributed by atoms with Crippen LogP contribution < -0.4 is 10.7 Å². The Labute approximate surface area is 141 Å². The number of hydrogen-bond donors (Lipinski definition) is 3. The van der Waals surface area contributed by atoms with E-state index < -0.39 is 5.91 Å². The molecule has 7 heteroatoms. The molecular weight excluding hydrogens is 362 g/mol. The first-order valence-electron chi connectivity index (χ1n) is 6.70. The van der Waals surface area contributed by atoms with Crippen molar-refractivity contribution in [3.63, 3.8) is 0 Å². The van der Waals surface area contributed by atoms with Gasteiger partial charge in [-0.25, -0.2) is 5.43 Å². The molecule has 0 bridgehead atoms. The summed E-state index contributed by atoms with van der Waals surface area (Å²) in [6, 6.07) is 13.4. The summed E-state index contributed by atoms with van der Waals surface area (Å²) < 4.78 is 0.780. The van der Waals surface area contributed by atoms with Crippen molar-refractivity contribution in [2.24, 2.45) is 5.10 Å². The Hall–Kier alpha value is -2.67. The van der Waals surface area contributed by atoms with Gasteiger partial charge in [0, 0.05) is 15.6 Å². The zero-order valence-corrected chi connectivity index (χ0v) is 13.6. The molecular formula is C16H14BrN3O3. The number of phenolic OH excluding ortho intramolecular Hbond substituents is 1. The molecule has 0 aromatic heterocycles. The van der Waals surface area contributed by atoms with Crippen LogP contribution in [0.25, 0.3) is 0 Å². The molecule has 0 radical (unpaired) electrons. The van der Waals surface area contributed by atoms with Crippen LogP contribution in [0, 0.1) is 0 Å². The van der Waals surface area contributed by atoms with E-state index >= 15 is 0 Å². The van der Waals surface area contributed by atoms with E-state index in [9.17, 15) is 14.7 Å². The van der Waals surface area contributed by atoms with E-state index in [-0.39, 0.29) is 18.2 Å². The van der Waals surface area contributed by atoms with Gasteiger partial charge < -0.3 is 10.4 Å². The summed E-state index contributed by atoms with van der Waals surface area (Å²) in [5.41, 5.74) is 3.20. The molecule has 23 heavy (non-hydrogen) atoms. The number of carbonyl (C=O) groups is 2. The number of benzene rings is 2. The molecule has 118 valence electrons. The topological polar surface area (TPSA) is 90.8 Å². The smallest absolute Gasteiger partial charge is 0.259 e. The third kappa shape index (κ3) is 5.23. The maximum Gasteiger partial charge on any atom is 0.259 e. The van der Waals surface area contributed by atoms with Gasteiger partial charge in [0.25, 0.3) is 11.8 Å². The van der Waals surface area contributed by atoms with Crippen molar-refractivity contribution in [1.82, 2.24) is 10.7 Å². The van der Waals surface area contributed by atoms with Gasteiger partial charge in [0.2, 0.25) is 0 Å². The number of aromatic hydroxyl groups is 1. The first kappa shape index (κ1) is 16.7. The number of nitrogens with one attached hydrogen (secondary N) is 2. The quantitative estimate of drug-likeness (QED) is 0.551. The monoisotopic (exact) mass is 375 g/mol. The first-order chi connectivity index (χ1) is 11.1. The lowest BCUT2D eigenvalue weighted by molar-refractivity contribution is -0.120. The first-order valence-corrected chi connectivity index (χ1v) is 7.49. The minimum Gasteiger partial charge on any atom is -0.507 e. The van der Waals surface area contributed by atoms with Gasteiger partial charge >= 0.3 is 0 Å². The Morgan fingerprint density at radius 1 is 1.17 bits per heavy atom. The Morgan fingerprint density at radius 3 is 2.70 bits per heavy atom. The van der Waals surface area contributed by atoms with Gasteiger partial charge in [-0.3, -0.25) is 9.59 Å². The molecule has 0 atom stereocenters. The highest BCUT2D eigenvalue weighted by atomic mass is 79.9. The second-order valence-corrected chi connectivity index (χ2v) is 5.46. The van der Waals surface area contributed by atoms with Crippen molar-refractivity contribution in [1.29, 1.82) is 0 Å². The second-order valence-electron chi connectivity index (χ2n) is 4.55. The lowest BCUT2D eigenvalue weighted by atomic mass is 10.2. The van der Waals surface area contributed by atoms with Crippen molar-refractivity contribution in [2.45, 2.75) is 0 Å². The maximum absolute atomic E-state index is 11.9. The van der Waals surface area contributed by atoms with Gasteiger partial charge in [-0.15, -0.1) is 0 Å². The fourth-order valence-corrected chi connectivity index (χ4v) is 2.10. The van der Waals surface area contributed by atoms with Crippen LogP contribution in [-0.2, 0) is 4.79 Å². The summed E-state index contributed by atoms with van der Waals surface area (Å²) in [6.45, 7) is -0.205. The summed E-state index contributed by atoms with van der Waals surface area (Å²) in [4.78, 5) is 23.5. The van der Waals surface area contributed by atoms with Crippen LogP contribution >= 0.6 is 15.9 Å². The van der Waals surface area contributed by atoms with E-state index in [2.05, 4.69) is 31.8 Å². The Morgan fingerprint density at radius 2 is 1.96 bits per heavy atom. The van der Waals surface area contributed by atoms with Crippen molar-refractivity contribution in [3.05, 3.63) is 64.1 Å². The number of carbonyl (C=O) groups excluding carboxylic acids is 2. The Bertz CT molecular complexity index is 747. The Balaban J connectivity index is 1.81. The molecule has 0 unspecified atom stereocenters. The van der Waals surface area contributed by atoms with Crippen LogP contribution in [-0.4, -0.2) is 29.7 Å². The molecule has 3 N–H and O–H groups in total. The van der Waals surface area contributed by atoms with Gasteiger partial charge in [0.05, 0.1) is 12.8 Å². The normalized spacial score (nSPS) is 10.5. The maximum atomic E-state index is 11.9. The molecule has 6 nitrogen and oxygen atoms in total. The van der Waals surface area contributed by atoms with Gasteiger partial charge in [-0.05, 0) is 30.3 Å². The van der Waals surface area contributed by atoms with E-state index in [1.165, 1.54) is 12.3 Å². The number of halogens is 1. The molecule has 2 aromatic carbocycles. The number of para-hydroxylation sites is 1. The fraction of sp³-hybridized carbons (Fsp3) is 0.0625. The number of rotatable bonds is 5. The summed E-state index contributed by atoms with van der Waals surface area (Å²) in [6.07, 6.45) is 1.32. The zero-order valence-electron chi connectivity index (χ0n) is 12.0. The van der Waals surface area contributed by atoms with Crippen LogP contribution in [0.15, 0.2) is 58.1 Å². The predicted octanol–water partition coefficient (Wildman–Crippen LogP) is 2.03. The van der Waals surface area contributed by atoms with Crippen molar-refractivity contribution in [2.75, 3.05) is 6.54 Å². The molecule has 0 heterocycles. The average molecular weight is 376 g/mol. The summed E-state index contributed by atoms with van der Waals surface area (Å²) in [5.74, 6) is -0.764. The second kappa shape index (κ2) is 8.09. The summed E-state index contributed by atoms with van der Waals surface area (Å²) in [5, 5.41) is 15.8. The van der Waals surface area contributed by atoms with Crippen LogP contribution in [0.5, 0.6) is 5.75 Å². The molecule has 0 aliphatic heterocycles. The third-order valence-corrected chi connectivity index (χ3v) is 3.32. The van der Waals surface area contributed by atoms with E-state index in [4.69, 9.17) is 0 Å². The largest absolute Gasteiger partial charge is 0.507 e. The van der Waals surface area contributed by atoms with Crippen LogP contribution in [0.2, 0.25) is 0 Å². The van der Waals surface area contributed by atoms with Gasteiger partial charge in [-0.1, -0.05) is 34.1 Å². The standard InChI is InChI=1S/C16H14BrN3O3/c17-13-6-3-5-11(8-13)16(23)18-10-15(22)20-19-9-12-4-1-2-7-14(12)21/h1-9,21H,10H2,(H,18,23)(H,20,22). The molecule has 0 saturated carbocycles. The Kier molecular flexibility index (Phi) is 5.87. The lowest BCUT2D eigenvalue weighted by Gasteiger charge is -2.04. The molecule has 0 saturated heterocycles. The van der Waals surface area contributed by atoms with E-state index in [0.717, 1.165) is 4.47 Å². The van der Waals surface area contributed by atoms with Gasteiger partial charge in [0.15, 0.2) is 0 Å². The van der Waals surface area contributed by atoms with Crippen LogP contribution in [0.4, 0.5) is 0 Å². The SMILES string of the molecule is O=C(CNC(=O)c1cccc(Br)c1)NN=Cc1ccccc1O. The number of hydrazone groups is 1. The highest BCUT2D eigenvalue weighted by Crippen LogP contribution is 2.12. The predicted molar refractivity (Wildman–Crippen MR) is 90.3 cm³/mol. The van der Waals surface area contributed by atoms with Crippen molar-refractivity contribution >= 4 is 34.0 Å². The highest BCUT2D eigenvalue weighted by molar-refractivity contribution is 9.10. The van der Waals surface area contributed by atoms with Crippen molar-refractivity contribution in [3.8, 4) is 5.75 Å². The lowest BCUT2D eigenvalue weighted by Crippen LogP contribution is -2.34. The molecule has 2 aromatic rings. The van der Waals surface area contributed by atoms with E-state index in [0.29, 0.717) is 11.1 Å². The third-order valence-electron chi connectivity index (χ3n) is 2.83. The van der Waals surface area contributed by atoms with Crippen LogP contribution in [0.3, 0.4) is 0 Å². The highest BCUT2D eigenvalue weighted by Gasteiger charge is 2.07. The van der Waals surface area contributed by atoms with E-state index in [1.807, 2.05) is 0 Å². The number of amides is 2. The summed E-state index contributed by atoms with van der Waals surface area (Å²) in [7, 11) is 0. The van der Waals surface area contributed by atoms with Crippen molar-refractivity contribution < 1.29 is 14.7 Å². The number of phenols is 1. The van der Waals surface area contributed by atoms with E-state index in [1.54, 1.807) is 42.5 Å². The van der Waals surface area contributed by atoms with Gasteiger partial charge in [0.1, 0.15) is 5.75 Å². The molecule has 2 rings (SSSR count). The minimum absolute atomic E-state index is 0.0634. The molecule has 0 spiro atoms. The summed E-state index contributed by atoms with van der Waals surface area (Å²) >= 11 is 3.27. The zero-order chi connectivity index (χ0) is 16.7.